The first-order chi connectivity index (χ1) is 11.7. The van der Waals surface area contributed by atoms with Crippen LogP contribution in [0.25, 0.3) is 11.1 Å². The van der Waals surface area contributed by atoms with Crippen LogP contribution in [-0.4, -0.2) is 16.3 Å². The zero-order valence-electron chi connectivity index (χ0n) is 14.0. The molecule has 0 saturated heterocycles. The lowest BCUT2D eigenvalue weighted by Crippen LogP contribution is -1.94. The Kier molecular flexibility index (Phi) is 4.94. The van der Waals surface area contributed by atoms with Crippen LogP contribution < -0.4 is 0 Å². The highest BCUT2D eigenvalue weighted by molar-refractivity contribution is 6.24. The van der Waals surface area contributed by atoms with Gasteiger partial charge in [0.15, 0.2) is 5.69 Å². The topological polar surface area (TPSA) is 58.6 Å². The van der Waals surface area contributed by atoms with E-state index < -0.39 is 0 Å². The number of para-hydroxylation sites is 1. The number of fused-ring (bicyclic) bond motifs is 1. The van der Waals surface area contributed by atoms with Crippen LogP contribution in [-0.2, 0) is 6.42 Å². The fourth-order valence-corrected chi connectivity index (χ4v) is 2.95. The summed E-state index contributed by atoms with van der Waals surface area (Å²) in [5.74, 6) is 0.359. The van der Waals surface area contributed by atoms with Gasteiger partial charge < -0.3 is 9.52 Å². The fourth-order valence-electron chi connectivity index (χ4n) is 2.95. The maximum Gasteiger partial charge on any atom is 0.310 e. The molecular weight excluding hydrogens is 300 g/mol. The fraction of sp³-hybridized carbons (Fsp3) is 0.300. The third-order valence-electron chi connectivity index (χ3n) is 4.14. The second-order valence-electron chi connectivity index (χ2n) is 5.88. The van der Waals surface area contributed by atoms with Crippen molar-refractivity contribution in [3.63, 3.8) is 0 Å². The zero-order valence-corrected chi connectivity index (χ0v) is 14.0. The summed E-state index contributed by atoms with van der Waals surface area (Å²) in [4.78, 5) is 8.98. The molecule has 124 valence electrons. The van der Waals surface area contributed by atoms with Crippen LogP contribution in [0.15, 0.2) is 46.3 Å². The average Bonchev–Trinajstić information content (AvgIpc) is 3.16. The molecule has 0 fully saturated rings. The molecule has 0 amide bonds. The van der Waals surface area contributed by atoms with Gasteiger partial charge in [-0.05, 0) is 24.5 Å². The second kappa shape index (κ2) is 7.30. The third-order valence-corrected chi connectivity index (χ3v) is 4.14. The number of aliphatic imine (C=N–C) groups is 1. The van der Waals surface area contributed by atoms with Crippen molar-refractivity contribution >= 4 is 23.0 Å². The monoisotopic (exact) mass is 322 g/mol. The molecule has 0 bridgehead atoms. The maximum absolute atomic E-state index is 10.3. The van der Waals surface area contributed by atoms with E-state index >= 15 is 0 Å². The minimum atomic E-state index is -0.122. The molecule has 0 unspecified atom stereocenters. The van der Waals surface area contributed by atoms with Crippen molar-refractivity contribution in [2.45, 2.75) is 39.0 Å². The van der Waals surface area contributed by atoms with Crippen LogP contribution in [0.5, 0.6) is 5.95 Å². The van der Waals surface area contributed by atoms with E-state index in [0.29, 0.717) is 18.0 Å². The molecule has 1 aromatic heterocycles. The summed E-state index contributed by atoms with van der Waals surface area (Å²) in [7, 11) is 0. The molecule has 1 aromatic carbocycles. The van der Waals surface area contributed by atoms with E-state index in [4.69, 9.17) is 4.42 Å². The van der Waals surface area contributed by atoms with E-state index in [9.17, 15) is 5.11 Å². The molecular formula is C20H22N2O2. The molecule has 4 nitrogen and oxygen atoms in total. The predicted octanol–water partition coefficient (Wildman–Crippen LogP) is 5.32. The number of unbranched alkanes of at least 4 members (excludes halogenated alkanes) is 2. The molecule has 1 N–H and O–H groups in total. The van der Waals surface area contributed by atoms with Gasteiger partial charge in [0.2, 0.25) is 5.89 Å². The lowest BCUT2D eigenvalue weighted by molar-refractivity contribution is 0.319. The minimum absolute atomic E-state index is 0.122. The summed E-state index contributed by atoms with van der Waals surface area (Å²) in [5.41, 5.74) is 4.58. The molecule has 4 heteroatoms. The van der Waals surface area contributed by atoms with Crippen LogP contribution in [0.2, 0.25) is 0 Å². The van der Waals surface area contributed by atoms with Crippen molar-refractivity contribution in [3.8, 4) is 5.95 Å². The first kappa shape index (κ1) is 16.2. The summed E-state index contributed by atoms with van der Waals surface area (Å²) in [6.45, 7) is 5.87. The largest absolute Gasteiger partial charge is 0.479 e. The standard InChI is InChI=1S/C20H22N2O2/c1-3-5-6-11-15(19-20(23)24-18(22-19)9-4-2)16-13-21-17-12-8-7-10-14(16)17/h4,7-8,10,12-13,23H,2-3,5-6,9,11H2,1H3. The van der Waals surface area contributed by atoms with Gasteiger partial charge in [0.25, 0.3) is 0 Å². The van der Waals surface area contributed by atoms with E-state index in [-0.39, 0.29) is 5.95 Å². The van der Waals surface area contributed by atoms with Crippen LogP contribution in [0, 0.1) is 0 Å². The smallest absolute Gasteiger partial charge is 0.310 e. The number of hydrogen-bond acceptors (Lipinski definition) is 4. The Hall–Kier alpha value is -2.62. The Bertz CT molecular complexity index is 800. The maximum atomic E-state index is 10.3. The van der Waals surface area contributed by atoms with Gasteiger partial charge in [-0.25, -0.2) is 4.98 Å². The molecule has 0 atom stereocenters. The Balaban J connectivity index is 2.06. The lowest BCUT2D eigenvalue weighted by atomic mass is 9.95. The van der Waals surface area contributed by atoms with Crippen molar-refractivity contribution in [3.05, 3.63) is 54.1 Å². The van der Waals surface area contributed by atoms with Gasteiger partial charge >= 0.3 is 5.95 Å². The second-order valence-corrected chi connectivity index (χ2v) is 5.88. The summed E-state index contributed by atoms with van der Waals surface area (Å²) in [5, 5.41) is 10.3. The van der Waals surface area contributed by atoms with E-state index in [1.807, 2.05) is 24.4 Å². The number of hydrogen-bond donors (Lipinski definition) is 1. The molecule has 1 aliphatic rings. The Labute approximate surface area is 142 Å². The van der Waals surface area contributed by atoms with E-state index in [1.165, 1.54) is 0 Å². The molecule has 2 heterocycles. The Morgan fingerprint density at radius 1 is 1.29 bits per heavy atom. The van der Waals surface area contributed by atoms with Crippen molar-refractivity contribution in [2.75, 3.05) is 0 Å². The summed E-state index contributed by atoms with van der Waals surface area (Å²) >= 11 is 0. The van der Waals surface area contributed by atoms with Crippen molar-refractivity contribution in [1.82, 2.24) is 4.98 Å². The molecule has 0 radical (unpaired) electrons. The number of rotatable bonds is 7. The van der Waals surface area contributed by atoms with Crippen LogP contribution >= 0.6 is 0 Å². The normalized spacial score (nSPS) is 14.7. The number of oxazole rings is 1. The van der Waals surface area contributed by atoms with Gasteiger partial charge in [0.05, 0.1) is 5.69 Å². The van der Waals surface area contributed by atoms with Gasteiger partial charge in [0, 0.05) is 23.8 Å². The molecule has 0 spiro atoms. The highest BCUT2D eigenvalue weighted by Gasteiger charge is 2.22. The number of allylic oxidation sites excluding steroid dienone is 3. The van der Waals surface area contributed by atoms with Crippen molar-refractivity contribution < 1.29 is 9.52 Å². The van der Waals surface area contributed by atoms with Gasteiger partial charge in [-0.3, -0.25) is 4.99 Å². The number of nitrogens with zero attached hydrogens (tertiary/aromatic N) is 2. The molecule has 0 aliphatic carbocycles. The van der Waals surface area contributed by atoms with E-state index in [1.54, 1.807) is 6.08 Å². The van der Waals surface area contributed by atoms with Gasteiger partial charge in [0.1, 0.15) is 0 Å². The van der Waals surface area contributed by atoms with Crippen LogP contribution in [0.1, 0.15) is 49.8 Å². The molecule has 3 rings (SSSR count). The van der Waals surface area contributed by atoms with E-state index in [2.05, 4.69) is 29.5 Å². The first-order valence-corrected chi connectivity index (χ1v) is 8.41. The van der Waals surface area contributed by atoms with Crippen molar-refractivity contribution in [2.24, 2.45) is 4.99 Å². The third kappa shape index (κ3) is 3.18. The van der Waals surface area contributed by atoms with E-state index in [0.717, 1.165) is 48.1 Å². The summed E-state index contributed by atoms with van der Waals surface area (Å²) in [6.07, 6.45) is 8.22. The van der Waals surface area contributed by atoms with Gasteiger partial charge in [-0.2, -0.15) is 0 Å². The van der Waals surface area contributed by atoms with Gasteiger partial charge in [-0.1, -0.05) is 44.0 Å². The molecule has 0 saturated carbocycles. The molecule has 24 heavy (non-hydrogen) atoms. The quantitative estimate of drug-likeness (QED) is 0.554. The van der Waals surface area contributed by atoms with Crippen LogP contribution in [0.3, 0.4) is 0 Å². The lowest BCUT2D eigenvalue weighted by Gasteiger charge is -2.09. The van der Waals surface area contributed by atoms with Crippen LogP contribution in [0.4, 0.5) is 5.69 Å². The predicted molar refractivity (Wildman–Crippen MR) is 97.6 cm³/mol. The molecule has 2 aromatic rings. The van der Waals surface area contributed by atoms with Crippen molar-refractivity contribution in [1.29, 1.82) is 0 Å². The average molecular weight is 322 g/mol. The molecule has 1 aliphatic heterocycles. The Morgan fingerprint density at radius 2 is 2.12 bits per heavy atom. The Morgan fingerprint density at radius 3 is 2.92 bits per heavy atom. The SMILES string of the molecule is C=CCc1nc(C(CCCCC)=C2C=Nc3ccccc32)c(O)o1. The highest BCUT2D eigenvalue weighted by atomic mass is 16.5. The number of aromatic nitrogens is 1. The highest BCUT2D eigenvalue weighted by Crippen LogP contribution is 2.40. The first-order valence-electron chi connectivity index (χ1n) is 8.41. The summed E-state index contributed by atoms with van der Waals surface area (Å²) < 4.78 is 5.38. The number of benzene rings is 1. The zero-order chi connectivity index (χ0) is 16.9. The summed E-state index contributed by atoms with van der Waals surface area (Å²) in [6, 6.07) is 8.03. The van der Waals surface area contributed by atoms with Gasteiger partial charge in [-0.15, -0.1) is 6.58 Å². The minimum Gasteiger partial charge on any atom is -0.479 e. The number of aromatic hydroxyl groups is 1.